The molecule has 0 spiro atoms. The van der Waals surface area contributed by atoms with Crippen LogP contribution in [0, 0.1) is 0 Å². The highest BCUT2D eigenvalue weighted by Gasteiger charge is 2.31. The van der Waals surface area contributed by atoms with E-state index in [1.165, 1.54) is 5.56 Å². The molecule has 0 saturated carbocycles. The van der Waals surface area contributed by atoms with Gasteiger partial charge in [0, 0.05) is 24.7 Å². The average molecular weight is 414 g/mol. The van der Waals surface area contributed by atoms with Gasteiger partial charge in [-0.1, -0.05) is 60.1 Å². The Kier molecular flexibility index (Phi) is 8.08. The lowest BCUT2D eigenvalue weighted by Gasteiger charge is -2.34. The lowest BCUT2D eigenvalue weighted by molar-refractivity contribution is -0.133. The minimum absolute atomic E-state index is 0.0581. The summed E-state index contributed by atoms with van der Waals surface area (Å²) in [7, 11) is 0. The van der Waals surface area contributed by atoms with Crippen molar-refractivity contribution in [2.24, 2.45) is 0 Å². The zero-order chi connectivity index (χ0) is 20.5. The molecule has 154 valence electrons. The van der Waals surface area contributed by atoms with Gasteiger partial charge in [0.1, 0.15) is 0 Å². The lowest BCUT2D eigenvalue weighted by Crippen LogP contribution is -2.56. The molecule has 29 heavy (non-hydrogen) atoms. The predicted octanol–water partition coefficient (Wildman–Crippen LogP) is 2.82. The minimum atomic E-state index is -0.403. The second-order valence-electron chi connectivity index (χ2n) is 7.33. The fourth-order valence-corrected chi connectivity index (χ4v) is 3.90. The molecule has 1 saturated heterocycles. The fraction of sp³-hybridized carbons (Fsp3) is 0.391. The molecule has 1 heterocycles. The number of amides is 2. The zero-order valence-corrected chi connectivity index (χ0v) is 17.3. The van der Waals surface area contributed by atoms with Crippen molar-refractivity contribution in [2.75, 3.05) is 26.2 Å². The van der Waals surface area contributed by atoms with Crippen LogP contribution in [0.3, 0.4) is 0 Å². The van der Waals surface area contributed by atoms with Gasteiger partial charge in [-0.2, -0.15) is 0 Å². The van der Waals surface area contributed by atoms with E-state index in [4.69, 9.17) is 11.6 Å². The predicted molar refractivity (Wildman–Crippen MR) is 116 cm³/mol. The van der Waals surface area contributed by atoms with Gasteiger partial charge in [-0.15, -0.1) is 0 Å². The van der Waals surface area contributed by atoms with Gasteiger partial charge in [-0.25, -0.2) is 0 Å². The molecule has 0 radical (unpaired) electrons. The van der Waals surface area contributed by atoms with Crippen molar-refractivity contribution in [3.05, 3.63) is 70.7 Å². The van der Waals surface area contributed by atoms with E-state index in [1.807, 2.05) is 42.5 Å². The Morgan fingerprint density at radius 1 is 1.10 bits per heavy atom. The summed E-state index contributed by atoms with van der Waals surface area (Å²) in [5.74, 6) is -0.163. The molecule has 1 atom stereocenters. The van der Waals surface area contributed by atoms with Crippen LogP contribution in [0.5, 0.6) is 0 Å². The molecule has 2 amide bonds. The topological polar surface area (TPSA) is 61.4 Å². The number of carbonyl (C=O) groups excluding carboxylic acids is 2. The van der Waals surface area contributed by atoms with Crippen molar-refractivity contribution >= 4 is 23.4 Å². The second kappa shape index (κ2) is 11.0. The van der Waals surface area contributed by atoms with Crippen molar-refractivity contribution in [1.29, 1.82) is 0 Å². The highest BCUT2D eigenvalue weighted by atomic mass is 35.5. The number of piperazine rings is 1. The first-order valence-corrected chi connectivity index (χ1v) is 10.6. The smallest absolute Gasteiger partial charge is 0.237 e. The molecule has 1 fully saturated rings. The summed E-state index contributed by atoms with van der Waals surface area (Å²) < 4.78 is 0. The molecular weight excluding hydrogens is 386 g/mol. The summed E-state index contributed by atoms with van der Waals surface area (Å²) >= 11 is 6.15. The van der Waals surface area contributed by atoms with E-state index in [1.54, 1.807) is 0 Å². The van der Waals surface area contributed by atoms with Gasteiger partial charge in [0.25, 0.3) is 0 Å². The summed E-state index contributed by atoms with van der Waals surface area (Å²) in [6.07, 6.45) is 2.78. The van der Waals surface area contributed by atoms with Crippen LogP contribution in [-0.4, -0.2) is 48.9 Å². The van der Waals surface area contributed by atoms with Gasteiger partial charge in [-0.3, -0.25) is 14.5 Å². The van der Waals surface area contributed by atoms with Crippen molar-refractivity contribution in [3.8, 4) is 0 Å². The molecule has 0 bridgehead atoms. The monoisotopic (exact) mass is 413 g/mol. The first kappa shape index (κ1) is 21.3. The number of hydrogen-bond donors (Lipinski definition) is 2. The number of rotatable bonds is 9. The van der Waals surface area contributed by atoms with Gasteiger partial charge >= 0.3 is 0 Å². The van der Waals surface area contributed by atoms with E-state index in [9.17, 15) is 9.59 Å². The van der Waals surface area contributed by atoms with Crippen LogP contribution >= 0.6 is 11.6 Å². The maximum Gasteiger partial charge on any atom is 0.237 e. The van der Waals surface area contributed by atoms with Crippen LogP contribution in [0.1, 0.15) is 24.0 Å². The summed E-state index contributed by atoms with van der Waals surface area (Å²) in [4.78, 5) is 26.9. The Morgan fingerprint density at radius 3 is 2.66 bits per heavy atom. The Balaban J connectivity index is 1.46. The van der Waals surface area contributed by atoms with Crippen molar-refractivity contribution in [2.45, 2.75) is 31.7 Å². The number of hydrogen-bond acceptors (Lipinski definition) is 3. The molecule has 2 aromatic carbocycles. The third-order valence-electron chi connectivity index (χ3n) is 5.25. The van der Waals surface area contributed by atoms with E-state index >= 15 is 0 Å². The van der Waals surface area contributed by atoms with E-state index in [0.29, 0.717) is 24.5 Å². The van der Waals surface area contributed by atoms with E-state index in [-0.39, 0.29) is 18.2 Å². The first-order valence-electron chi connectivity index (χ1n) is 10.2. The largest absolute Gasteiger partial charge is 0.356 e. The van der Waals surface area contributed by atoms with E-state index < -0.39 is 6.04 Å². The van der Waals surface area contributed by atoms with E-state index in [2.05, 4.69) is 27.7 Å². The van der Waals surface area contributed by atoms with E-state index in [0.717, 1.165) is 31.5 Å². The van der Waals surface area contributed by atoms with Gasteiger partial charge in [0.2, 0.25) is 11.8 Å². The van der Waals surface area contributed by atoms with Crippen LogP contribution < -0.4 is 10.6 Å². The maximum absolute atomic E-state index is 12.4. The molecule has 2 N–H and O–H groups in total. The SMILES string of the molecule is O=C(C[C@@H]1C(=O)NCCN1CCCc1ccccc1)NCCc1ccccc1Cl. The summed E-state index contributed by atoms with van der Waals surface area (Å²) in [6, 6.07) is 17.5. The third kappa shape index (κ3) is 6.58. The fourth-order valence-electron chi connectivity index (χ4n) is 3.67. The number of halogens is 1. The normalized spacial score (nSPS) is 17.0. The molecular formula is C23H28ClN3O2. The first-order chi connectivity index (χ1) is 14.1. The van der Waals surface area contributed by atoms with Crippen LogP contribution in [0.15, 0.2) is 54.6 Å². The Morgan fingerprint density at radius 2 is 1.86 bits per heavy atom. The molecule has 2 aromatic rings. The average Bonchev–Trinajstić information content (AvgIpc) is 2.72. The summed E-state index contributed by atoms with van der Waals surface area (Å²) in [5, 5.41) is 6.52. The van der Waals surface area contributed by atoms with Crippen molar-refractivity contribution in [3.63, 3.8) is 0 Å². The Labute approximate surface area is 177 Å². The Bertz CT molecular complexity index is 813. The van der Waals surface area contributed by atoms with Gasteiger partial charge < -0.3 is 10.6 Å². The zero-order valence-electron chi connectivity index (χ0n) is 16.6. The molecule has 3 rings (SSSR count). The van der Waals surface area contributed by atoms with Crippen LogP contribution in [0.2, 0.25) is 5.02 Å². The highest BCUT2D eigenvalue weighted by molar-refractivity contribution is 6.31. The standard InChI is InChI=1S/C23H28ClN3O2/c24-20-11-5-4-10-19(20)12-13-25-22(28)17-21-23(29)26-14-16-27(21)15-6-9-18-7-2-1-3-8-18/h1-5,7-8,10-11,21H,6,9,12-17H2,(H,25,28)(H,26,29)/t21-/m1/s1. The number of carbonyl (C=O) groups is 2. The minimum Gasteiger partial charge on any atom is -0.356 e. The molecule has 0 unspecified atom stereocenters. The van der Waals surface area contributed by atoms with Gasteiger partial charge in [-0.05, 0) is 43.0 Å². The number of nitrogens with zero attached hydrogens (tertiary/aromatic N) is 1. The van der Waals surface area contributed by atoms with Crippen LogP contribution in [0.4, 0.5) is 0 Å². The van der Waals surface area contributed by atoms with Crippen LogP contribution in [-0.2, 0) is 22.4 Å². The number of benzene rings is 2. The molecule has 0 aliphatic carbocycles. The molecule has 1 aliphatic rings. The third-order valence-corrected chi connectivity index (χ3v) is 5.62. The maximum atomic E-state index is 12.4. The highest BCUT2D eigenvalue weighted by Crippen LogP contribution is 2.15. The van der Waals surface area contributed by atoms with Crippen LogP contribution in [0.25, 0.3) is 0 Å². The molecule has 5 nitrogen and oxygen atoms in total. The van der Waals surface area contributed by atoms with Crippen molar-refractivity contribution < 1.29 is 9.59 Å². The quantitative estimate of drug-likeness (QED) is 0.664. The molecule has 6 heteroatoms. The molecule has 0 aromatic heterocycles. The second-order valence-corrected chi connectivity index (χ2v) is 7.73. The van der Waals surface area contributed by atoms with Crippen molar-refractivity contribution in [1.82, 2.24) is 15.5 Å². The number of aryl methyl sites for hydroxylation is 1. The molecule has 1 aliphatic heterocycles. The summed E-state index contributed by atoms with van der Waals surface area (Å²) in [6.45, 7) is 2.72. The number of nitrogens with one attached hydrogen (secondary N) is 2. The Hall–Kier alpha value is -2.37. The summed E-state index contributed by atoms with van der Waals surface area (Å²) in [5.41, 5.74) is 2.30. The van der Waals surface area contributed by atoms with Gasteiger partial charge in [0.05, 0.1) is 12.5 Å². The lowest BCUT2D eigenvalue weighted by atomic mass is 10.1. The van der Waals surface area contributed by atoms with Gasteiger partial charge in [0.15, 0.2) is 0 Å².